The smallest absolute Gasteiger partial charge is 0.160 e. The fourth-order valence-electron chi connectivity index (χ4n) is 1.74. The molecule has 2 aromatic heterocycles. The summed E-state index contributed by atoms with van der Waals surface area (Å²) in [6.45, 7) is 2.01. The zero-order valence-electron chi connectivity index (χ0n) is 9.14. The Morgan fingerprint density at radius 2 is 1.82 bits per heavy atom. The van der Waals surface area contributed by atoms with Crippen LogP contribution in [0.25, 0.3) is 21.6 Å². The zero-order valence-corrected chi connectivity index (χ0v) is 10.7. The molecule has 0 saturated carbocycles. The Labute approximate surface area is 108 Å². The molecule has 0 aliphatic rings. The molecular weight excluding hydrogens is 252 g/mol. The number of halogens is 1. The molecule has 0 aliphatic carbocycles. The standard InChI is InChI=1S/C13H9ClN2S/c1-8-12-11(6-7-17-12)16-13(15-8)9-2-4-10(14)5-3-9/h2-7H,1H3. The number of thiophene rings is 1. The maximum atomic E-state index is 5.87. The van der Waals surface area contributed by atoms with Gasteiger partial charge in [0, 0.05) is 10.6 Å². The van der Waals surface area contributed by atoms with Gasteiger partial charge in [0.15, 0.2) is 5.82 Å². The summed E-state index contributed by atoms with van der Waals surface area (Å²) in [6.07, 6.45) is 0. The number of rotatable bonds is 1. The van der Waals surface area contributed by atoms with Gasteiger partial charge in [0.25, 0.3) is 0 Å². The van der Waals surface area contributed by atoms with Gasteiger partial charge in [-0.15, -0.1) is 11.3 Å². The molecule has 84 valence electrons. The van der Waals surface area contributed by atoms with Crippen molar-refractivity contribution in [1.82, 2.24) is 9.97 Å². The van der Waals surface area contributed by atoms with Crippen molar-refractivity contribution in [2.24, 2.45) is 0 Å². The molecule has 0 amide bonds. The third-order valence-electron chi connectivity index (χ3n) is 2.58. The molecule has 2 nitrogen and oxygen atoms in total. The van der Waals surface area contributed by atoms with Crippen LogP contribution in [-0.2, 0) is 0 Å². The van der Waals surface area contributed by atoms with Crippen molar-refractivity contribution in [2.45, 2.75) is 6.92 Å². The van der Waals surface area contributed by atoms with Crippen LogP contribution in [0.2, 0.25) is 5.02 Å². The molecule has 0 aliphatic heterocycles. The minimum absolute atomic E-state index is 0.724. The second-order valence-corrected chi connectivity index (χ2v) is 5.13. The van der Waals surface area contributed by atoms with E-state index >= 15 is 0 Å². The highest BCUT2D eigenvalue weighted by molar-refractivity contribution is 7.17. The average Bonchev–Trinajstić information content (AvgIpc) is 2.78. The lowest BCUT2D eigenvalue weighted by Gasteiger charge is -2.02. The lowest BCUT2D eigenvalue weighted by Crippen LogP contribution is -1.91. The van der Waals surface area contributed by atoms with E-state index in [4.69, 9.17) is 11.6 Å². The molecule has 2 heterocycles. The molecule has 0 fully saturated rings. The highest BCUT2D eigenvalue weighted by atomic mass is 35.5. The van der Waals surface area contributed by atoms with Crippen LogP contribution in [0.5, 0.6) is 0 Å². The number of fused-ring (bicyclic) bond motifs is 1. The summed E-state index contributed by atoms with van der Waals surface area (Å²) in [5, 5.41) is 2.76. The molecule has 0 saturated heterocycles. The van der Waals surface area contributed by atoms with Gasteiger partial charge >= 0.3 is 0 Å². The van der Waals surface area contributed by atoms with Crippen LogP contribution in [0, 0.1) is 6.92 Å². The lowest BCUT2D eigenvalue weighted by atomic mass is 10.2. The molecule has 0 atom stereocenters. The number of nitrogens with zero attached hydrogens (tertiary/aromatic N) is 2. The Hall–Kier alpha value is -1.45. The van der Waals surface area contributed by atoms with Crippen LogP contribution < -0.4 is 0 Å². The number of aromatic nitrogens is 2. The van der Waals surface area contributed by atoms with E-state index in [-0.39, 0.29) is 0 Å². The van der Waals surface area contributed by atoms with E-state index in [0.717, 1.165) is 32.3 Å². The van der Waals surface area contributed by atoms with E-state index < -0.39 is 0 Å². The molecule has 1 aromatic carbocycles. The van der Waals surface area contributed by atoms with Gasteiger partial charge in [0.05, 0.1) is 15.9 Å². The van der Waals surface area contributed by atoms with E-state index in [1.807, 2.05) is 42.6 Å². The van der Waals surface area contributed by atoms with Gasteiger partial charge in [-0.2, -0.15) is 0 Å². The third kappa shape index (κ3) is 1.92. The minimum Gasteiger partial charge on any atom is -0.232 e. The van der Waals surface area contributed by atoms with E-state index in [0.29, 0.717) is 0 Å². The van der Waals surface area contributed by atoms with Gasteiger partial charge in [-0.1, -0.05) is 11.6 Å². The molecule has 0 N–H and O–H groups in total. The van der Waals surface area contributed by atoms with E-state index in [1.54, 1.807) is 11.3 Å². The zero-order chi connectivity index (χ0) is 11.8. The van der Waals surface area contributed by atoms with Crippen LogP contribution >= 0.6 is 22.9 Å². The fraction of sp³-hybridized carbons (Fsp3) is 0.0769. The second-order valence-electron chi connectivity index (χ2n) is 3.77. The van der Waals surface area contributed by atoms with Crippen LogP contribution in [0.1, 0.15) is 5.69 Å². The first-order valence-corrected chi connectivity index (χ1v) is 6.47. The molecule has 0 unspecified atom stereocenters. The Balaban J connectivity index is 2.20. The fourth-order valence-corrected chi connectivity index (χ4v) is 2.65. The molecule has 4 heteroatoms. The first kappa shape index (κ1) is 10.7. The van der Waals surface area contributed by atoms with Crippen molar-refractivity contribution >= 4 is 33.2 Å². The predicted molar refractivity (Wildman–Crippen MR) is 72.6 cm³/mol. The molecule has 0 radical (unpaired) electrons. The summed E-state index contributed by atoms with van der Waals surface area (Å²) in [7, 11) is 0. The van der Waals surface area contributed by atoms with Crippen molar-refractivity contribution in [3.05, 3.63) is 46.4 Å². The summed E-state index contributed by atoms with van der Waals surface area (Å²) in [5.41, 5.74) is 3.02. The van der Waals surface area contributed by atoms with Crippen molar-refractivity contribution in [3.8, 4) is 11.4 Å². The summed E-state index contributed by atoms with van der Waals surface area (Å²) >= 11 is 7.54. The average molecular weight is 261 g/mol. The molecule has 3 aromatic rings. The van der Waals surface area contributed by atoms with Gasteiger partial charge in [-0.25, -0.2) is 9.97 Å². The maximum absolute atomic E-state index is 5.87. The monoisotopic (exact) mass is 260 g/mol. The van der Waals surface area contributed by atoms with Crippen LogP contribution in [-0.4, -0.2) is 9.97 Å². The topological polar surface area (TPSA) is 25.8 Å². The highest BCUT2D eigenvalue weighted by Crippen LogP contribution is 2.25. The largest absolute Gasteiger partial charge is 0.232 e. The minimum atomic E-state index is 0.724. The van der Waals surface area contributed by atoms with Crippen molar-refractivity contribution in [3.63, 3.8) is 0 Å². The first-order valence-electron chi connectivity index (χ1n) is 5.22. The van der Waals surface area contributed by atoms with E-state index in [9.17, 15) is 0 Å². The summed E-state index contributed by atoms with van der Waals surface area (Å²) in [4.78, 5) is 9.08. The number of benzene rings is 1. The van der Waals surface area contributed by atoms with E-state index in [2.05, 4.69) is 9.97 Å². The SMILES string of the molecule is Cc1nc(-c2ccc(Cl)cc2)nc2ccsc12. The van der Waals surface area contributed by atoms with Crippen LogP contribution in [0.4, 0.5) is 0 Å². The third-order valence-corrected chi connectivity index (χ3v) is 3.84. The maximum Gasteiger partial charge on any atom is 0.160 e. The van der Waals surface area contributed by atoms with Crippen molar-refractivity contribution in [2.75, 3.05) is 0 Å². The van der Waals surface area contributed by atoms with Gasteiger partial charge in [-0.05, 0) is 42.6 Å². The molecule has 0 spiro atoms. The van der Waals surface area contributed by atoms with Crippen LogP contribution in [0.3, 0.4) is 0 Å². The molecule has 17 heavy (non-hydrogen) atoms. The summed E-state index contributed by atoms with van der Waals surface area (Å²) in [5.74, 6) is 0.755. The van der Waals surface area contributed by atoms with Crippen LogP contribution in [0.15, 0.2) is 35.7 Å². The van der Waals surface area contributed by atoms with E-state index in [1.165, 1.54) is 0 Å². The number of hydrogen-bond donors (Lipinski definition) is 0. The predicted octanol–water partition coefficient (Wildman–Crippen LogP) is 4.32. The number of hydrogen-bond acceptors (Lipinski definition) is 3. The summed E-state index contributed by atoms with van der Waals surface area (Å²) < 4.78 is 1.16. The van der Waals surface area contributed by atoms with Gasteiger partial charge < -0.3 is 0 Å². The van der Waals surface area contributed by atoms with Gasteiger partial charge in [0.2, 0.25) is 0 Å². The van der Waals surface area contributed by atoms with Gasteiger partial charge in [-0.3, -0.25) is 0 Å². The molecule has 0 bridgehead atoms. The second kappa shape index (κ2) is 4.09. The van der Waals surface area contributed by atoms with Gasteiger partial charge in [0.1, 0.15) is 0 Å². The lowest BCUT2D eigenvalue weighted by molar-refractivity contribution is 1.17. The first-order chi connectivity index (χ1) is 8.24. The normalized spacial score (nSPS) is 10.9. The Morgan fingerprint density at radius 1 is 1.06 bits per heavy atom. The Kier molecular flexibility index (Phi) is 2.57. The molecule has 3 rings (SSSR count). The van der Waals surface area contributed by atoms with Crippen molar-refractivity contribution in [1.29, 1.82) is 0 Å². The highest BCUT2D eigenvalue weighted by Gasteiger charge is 2.07. The molecular formula is C13H9ClN2S. The Morgan fingerprint density at radius 3 is 2.59 bits per heavy atom. The summed E-state index contributed by atoms with van der Waals surface area (Å²) in [6, 6.07) is 9.61. The quantitative estimate of drug-likeness (QED) is 0.651. The Bertz CT molecular complexity index is 673. The van der Waals surface area contributed by atoms with Crippen molar-refractivity contribution < 1.29 is 0 Å². The number of aryl methyl sites for hydroxylation is 1.